The largest absolute Gasteiger partial charge is 0.480 e. The number of nitrogens with one attached hydrogen (secondary N) is 2. The van der Waals surface area contributed by atoms with Crippen LogP contribution in [0.4, 0.5) is 5.82 Å². The summed E-state index contributed by atoms with van der Waals surface area (Å²) < 4.78 is 10.8. The van der Waals surface area contributed by atoms with Crippen LogP contribution in [0.15, 0.2) is 19.5 Å². The van der Waals surface area contributed by atoms with Crippen LogP contribution in [0.25, 0.3) is 0 Å². The van der Waals surface area contributed by atoms with Crippen LogP contribution in [0.2, 0.25) is 0 Å². The van der Waals surface area contributed by atoms with E-state index in [-0.39, 0.29) is 30.4 Å². The first-order chi connectivity index (χ1) is 16.1. The van der Waals surface area contributed by atoms with Crippen LogP contribution < -0.4 is 15.4 Å². The van der Waals surface area contributed by atoms with Gasteiger partial charge in [-0.15, -0.1) is 13.2 Å². The molecule has 0 aromatic carbocycles. The van der Waals surface area contributed by atoms with Crippen molar-refractivity contribution in [3.05, 3.63) is 25.0 Å². The third kappa shape index (κ3) is 7.94. The van der Waals surface area contributed by atoms with Crippen molar-refractivity contribution in [1.29, 1.82) is 0 Å². The number of hydrogen-bond acceptors (Lipinski definition) is 8. The summed E-state index contributed by atoms with van der Waals surface area (Å²) in [5, 5.41) is 16.2. The number of morpholine rings is 1. The first-order valence-electron chi connectivity index (χ1n) is 12.0. The molecule has 1 aliphatic carbocycles. The van der Waals surface area contributed by atoms with E-state index in [2.05, 4.69) is 38.7 Å². The van der Waals surface area contributed by atoms with Crippen molar-refractivity contribution >= 4 is 11.7 Å². The number of amides is 1. The Morgan fingerprint density at radius 2 is 2.00 bits per heavy atom. The first-order valence-corrected chi connectivity index (χ1v) is 12.0. The quantitative estimate of drug-likeness (QED) is 0.339. The van der Waals surface area contributed by atoms with E-state index in [1.54, 1.807) is 0 Å². The Morgan fingerprint density at radius 1 is 1.30 bits per heavy atom. The fraction of sp³-hybridized carbons (Fsp3) is 0.708. The summed E-state index contributed by atoms with van der Waals surface area (Å²) in [6.07, 6.45) is 6.82. The van der Waals surface area contributed by atoms with Crippen molar-refractivity contribution in [2.24, 2.45) is 11.8 Å². The van der Waals surface area contributed by atoms with Crippen LogP contribution in [0, 0.1) is 11.8 Å². The molecule has 1 amide bonds. The van der Waals surface area contributed by atoms with Gasteiger partial charge in [0.2, 0.25) is 5.88 Å². The van der Waals surface area contributed by atoms with Crippen molar-refractivity contribution in [2.45, 2.75) is 45.1 Å². The summed E-state index contributed by atoms with van der Waals surface area (Å²) in [4.78, 5) is 24.1. The van der Waals surface area contributed by atoms with Crippen LogP contribution in [0.5, 0.6) is 5.88 Å². The molecule has 2 fully saturated rings. The Morgan fingerprint density at radius 3 is 2.64 bits per heavy atom. The van der Waals surface area contributed by atoms with E-state index < -0.39 is 0 Å². The smallest absolute Gasteiger partial charge is 0.260 e. The summed E-state index contributed by atoms with van der Waals surface area (Å²) in [7, 11) is 1.51. The summed E-state index contributed by atoms with van der Waals surface area (Å²) in [5.74, 6) is 0.836. The highest BCUT2D eigenvalue weighted by Gasteiger charge is 2.32. The topological polar surface area (TPSA) is 109 Å². The van der Waals surface area contributed by atoms with Gasteiger partial charge in [-0.2, -0.15) is 0 Å². The number of aliphatic hydroxyl groups is 1. The van der Waals surface area contributed by atoms with E-state index >= 15 is 0 Å². The number of methoxy groups -OCH3 is 1. The van der Waals surface area contributed by atoms with Crippen LogP contribution >= 0.6 is 0 Å². The lowest BCUT2D eigenvalue weighted by molar-refractivity contribution is 0.0378. The standard InChI is InChI=1S/C22H37N5O4.C2H4/c1-16(14-28)19(17-6-3-4-7-17)26-21(29)18-20(24-15-25-22(18)30-2)23-8-5-9-27-10-12-31-13-11-27;1-2/h15-17,19,28H,3-14H2,1-2H3,(H,26,29)(H,23,24,25);1-2H2. The lowest BCUT2D eigenvalue weighted by atomic mass is 9.88. The normalized spacial score (nSPS) is 18.6. The first kappa shape index (κ1) is 27.0. The number of aromatic nitrogens is 2. The number of hydrogen-bond donors (Lipinski definition) is 3. The number of nitrogens with zero attached hydrogens (tertiary/aromatic N) is 3. The Labute approximate surface area is 198 Å². The number of carbonyl (C=O) groups excluding carboxylic acids is 1. The fourth-order valence-electron chi connectivity index (χ4n) is 4.58. The fourth-order valence-corrected chi connectivity index (χ4v) is 4.58. The Kier molecular flexibility index (Phi) is 12.1. The van der Waals surface area contributed by atoms with Crippen LogP contribution in [-0.2, 0) is 4.74 Å². The molecule has 1 aliphatic heterocycles. The lowest BCUT2D eigenvalue weighted by Gasteiger charge is -2.29. The van der Waals surface area contributed by atoms with Gasteiger partial charge >= 0.3 is 0 Å². The molecule has 1 aromatic heterocycles. The molecule has 186 valence electrons. The molecule has 0 spiro atoms. The van der Waals surface area contributed by atoms with Crippen LogP contribution in [0.1, 0.15) is 49.4 Å². The second kappa shape index (κ2) is 14.8. The van der Waals surface area contributed by atoms with E-state index in [1.807, 2.05) is 6.92 Å². The molecule has 2 heterocycles. The molecule has 2 unspecified atom stereocenters. The number of ether oxygens (including phenoxy) is 2. The average molecular weight is 464 g/mol. The third-order valence-corrected chi connectivity index (χ3v) is 6.39. The highest BCUT2D eigenvalue weighted by molar-refractivity contribution is 6.01. The minimum Gasteiger partial charge on any atom is -0.480 e. The molecule has 33 heavy (non-hydrogen) atoms. The molecule has 9 nitrogen and oxygen atoms in total. The zero-order valence-corrected chi connectivity index (χ0v) is 20.2. The summed E-state index contributed by atoms with van der Waals surface area (Å²) in [5.41, 5.74) is 0.324. The molecule has 3 N–H and O–H groups in total. The van der Waals surface area contributed by atoms with Gasteiger partial charge in [0.05, 0.1) is 20.3 Å². The maximum atomic E-state index is 13.3. The van der Waals surface area contributed by atoms with Gasteiger partial charge in [-0.25, -0.2) is 9.97 Å². The molecule has 1 saturated carbocycles. The van der Waals surface area contributed by atoms with Gasteiger partial charge in [0.25, 0.3) is 5.91 Å². The number of carbonyl (C=O) groups is 1. The van der Waals surface area contributed by atoms with Crippen molar-refractivity contribution in [1.82, 2.24) is 20.2 Å². The molecule has 3 rings (SSSR count). The van der Waals surface area contributed by atoms with Crippen molar-refractivity contribution in [2.75, 3.05) is 58.4 Å². The van der Waals surface area contributed by atoms with Crippen molar-refractivity contribution < 1.29 is 19.4 Å². The second-order valence-electron chi connectivity index (χ2n) is 8.54. The van der Waals surface area contributed by atoms with Gasteiger partial charge in [-0.1, -0.05) is 19.8 Å². The highest BCUT2D eigenvalue weighted by Crippen LogP contribution is 2.31. The lowest BCUT2D eigenvalue weighted by Crippen LogP contribution is -2.45. The van der Waals surface area contributed by atoms with E-state index in [4.69, 9.17) is 9.47 Å². The molecule has 9 heteroatoms. The van der Waals surface area contributed by atoms with Gasteiger partial charge in [-0.05, 0) is 37.6 Å². The minimum absolute atomic E-state index is 0.0207. The van der Waals surface area contributed by atoms with E-state index in [0.29, 0.717) is 23.8 Å². The van der Waals surface area contributed by atoms with Gasteiger partial charge < -0.3 is 25.2 Å². The zero-order chi connectivity index (χ0) is 24.1. The van der Waals surface area contributed by atoms with Crippen LogP contribution in [-0.4, -0.2) is 85.0 Å². The molecule has 0 radical (unpaired) electrons. The van der Waals surface area contributed by atoms with Gasteiger partial charge in [-0.3, -0.25) is 9.69 Å². The number of rotatable bonds is 11. The number of anilines is 1. The van der Waals surface area contributed by atoms with E-state index in [1.165, 1.54) is 26.3 Å². The summed E-state index contributed by atoms with van der Waals surface area (Å²) >= 11 is 0. The molecular weight excluding hydrogens is 422 g/mol. The Balaban J connectivity index is 0.00000187. The Hall–Kier alpha value is -2.23. The third-order valence-electron chi connectivity index (χ3n) is 6.39. The zero-order valence-electron chi connectivity index (χ0n) is 20.2. The molecule has 0 bridgehead atoms. The molecule has 2 atom stereocenters. The predicted octanol–water partition coefficient (Wildman–Crippen LogP) is 2.34. The average Bonchev–Trinajstić information content (AvgIpc) is 3.41. The predicted molar refractivity (Wildman–Crippen MR) is 130 cm³/mol. The van der Waals surface area contributed by atoms with Gasteiger partial charge in [0.1, 0.15) is 17.7 Å². The monoisotopic (exact) mass is 463 g/mol. The van der Waals surface area contributed by atoms with E-state index in [0.717, 1.165) is 52.1 Å². The van der Waals surface area contributed by atoms with E-state index in [9.17, 15) is 9.90 Å². The SMILES string of the molecule is C=C.COc1ncnc(NCCCN2CCOCC2)c1C(=O)NC(C(C)CO)C1CCCC1. The van der Waals surface area contributed by atoms with Crippen molar-refractivity contribution in [3.8, 4) is 5.88 Å². The van der Waals surface area contributed by atoms with Gasteiger partial charge in [0, 0.05) is 32.3 Å². The minimum atomic E-state index is -0.259. The van der Waals surface area contributed by atoms with Crippen molar-refractivity contribution in [3.63, 3.8) is 0 Å². The van der Waals surface area contributed by atoms with Crippen LogP contribution in [0.3, 0.4) is 0 Å². The maximum absolute atomic E-state index is 13.3. The summed E-state index contributed by atoms with van der Waals surface area (Å²) in [6.45, 7) is 13.2. The summed E-state index contributed by atoms with van der Waals surface area (Å²) in [6, 6.07) is -0.0842. The molecular formula is C24H41N5O4. The molecule has 1 aromatic rings. The highest BCUT2D eigenvalue weighted by atomic mass is 16.5. The molecule has 1 saturated heterocycles. The molecule has 2 aliphatic rings. The maximum Gasteiger partial charge on any atom is 0.260 e. The Bertz CT molecular complexity index is 708. The number of aliphatic hydroxyl groups excluding tert-OH is 1. The second-order valence-corrected chi connectivity index (χ2v) is 8.54. The van der Waals surface area contributed by atoms with Gasteiger partial charge in [0.15, 0.2) is 0 Å².